The molecular formula is C10H22N2. The van der Waals surface area contributed by atoms with Crippen LogP contribution in [-0.4, -0.2) is 19.1 Å². The van der Waals surface area contributed by atoms with Gasteiger partial charge in [-0.1, -0.05) is 13.8 Å². The van der Waals surface area contributed by atoms with Gasteiger partial charge in [0.2, 0.25) is 0 Å². The Bertz CT molecular complexity index is 123. The predicted octanol–water partition coefficient (Wildman–Crippen LogP) is 1.36. The molecule has 2 atom stereocenters. The van der Waals surface area contributed by atoms with Crippen LogP contribution in [0.4, 0.5) is 0 Å². The van der Waals surface area contributed by atoms with Crippen LogP contribution in [0, 0.1) is 11.8 Å². The summed E-state index contributed by atoms with van der Waals surface area (Å²) in [5.74, 6) is 1.51. The van der Waals surface area contributed by atoms with Crippen molar-refractivity contribution in [2.24, 2.45) is 17.6 Å². The summed E-state index contributed by atoms with van der Waals surface area (Å²) in [5, 5.41) is 3.57. The van der Waals surface area contributed by atoms with E-state index >= 15 is 0 Å². The third-order valence-corrected chi connectivity index (χ3v) is 2.76. The average Bonchev–Trinajstić information content (AvgIpc) is 2.04. The van der Waals surface area contributed by atoms with E-state index < -0.39 is 0 Å². The van der Waals surface area contributed by atoms with Crippen LogP contribution in [0.3, 0.4) is 0 Å². The van der Waals surface area contributed by atoms with E-state index in [9.17, 15) is 0 Å². The highest BCUT2D eigenvalue weighted by Crippen LogP contribution is 2.20. The molecule has 0 unspecified atom stereocenters. The van der Waals surface area contributed by atoms with E-state index in [1.807, 2.05) is 0 Å². The molecule has 0 aromatic rings. The van der Waals surface area contributed by atoms with Crippen molar-refractivity contribution < 1.29 is 0 Å². The van der Waals surface area contributed by atoms with Gasteiger partial charge >= 0.3 is 0 Å². The van der Waals surface area contributed by atoms with Gasteiger partial charge < -0.3 is 11.1 Å². The maximum absolute atomic E-state index is 5.73. The number of piperidine rings is 1. The molecule has 0 aliphatic carbocycles. The molecule has 1 aliphatic heterocycles. The van der Waals surface area contributed by atoms with Crippen molar-refractivity contribution in [3.63, 3.8) is 0 Å². The van der Waals surface area contributed by atoms with Crippen LogP contribution in [0.1, 0.15) is 33.1 Å². The largest absolute Gasteiger partial charge is 0.330 e. The van der Waals surface area contributed by atoms with E-state index in [0.29, 0.717) is 6.04 Å². The molecule has 1 rings (SSSR count). The Morgan fingerprint density at radius 3 is 2.83 bits per heavy atom. The third kappa shape index (κ3) is 2.76. The van der Waals surface area contributed by atoms with Crippen LogP contribution in [0.15, 0.2) is 0 Å². The predicted molar refractivity (Wildman–Crippen MR) is 53.0 cm³/mol. The minimum Gasteiger partial charge on any atom is -0.330 e. The summed E-state index contributed by atoms with van der Waals surface area (Å²) in [6.45, 7) is 6.60. The Morgan fingerprint density at radius 2 is 2.25 bits per heavy atom. The average molecular weight is 170 g/mol. The lowest BCUT2D eigenvalue weighted by Crippen LogP contribution is -2.44. The molecule has 2 heteroatoms. The summed E-state index contributed by atoms with van der Waals surface area (Å²) in [7, 11) is 0. The van der Waals surface area contributed by atoms with Crippen LogP contribution < -0.4 is 11.1 Å². The Hall–Kier alpha value is -0.0800. The third-order valence-electron chi connectivity index (χ3n) is 2.76. The second-order valence-electron chi connectivity index (χ2n) is 4.33. The van der Waals surface area contributed by atoms with Gasteiger partial charge in [0.1, 0.15) is 0 Å². The highest BCUT2D eigenvalue weighted by Gasteiger charge is 2.23. The van der Waals surface area contributed by atoms with Crippen molar-refractivity contribution in [3.8, 4) is 0 Å². The molecular weight excluding hydrogens is 148 g/mol. The van der Waals surface area contributed by atoms with Crippen LogP contribution in [0.5, 0.6) is 0 Å². The van der Waals surface area contributed by atoms with Gasteiger partial charge in [0, 0.05) is 6.04 Å². The molecule has 1 saturated heterocycles. The fourth-order valence-corrected chi connectivity index (χ4v) is 2.09. The molecule has 72 valence electrons. The molecule has 1 fully saturated rings. The molecule has 0 spiro atoms. The van der Waals surface area contributed by atoms with Crippen LogP contribution in [0.2, 0.25) is 0 Å². The smallest absolute Gasteiger partial charge is 0.0110 e. The first-order chi connectivity index (χ1) is 5.74. The second kappa shape index (κ2) is 4.83. The molecule has 0 aromatic carbocycles. The number of hydrogen-bond donors (Lipinski definition) is 2. The molecule has 3 N–H and O–H groups in total. The lowest BCUT2D eigenvalue weighted by atomic mass is 9.86. The van der Waals surface area contributed by atoms with Gasteiger partial charge in [0.05, 0.1) is 0 Å². The Morgan fingerprint density at radius 1 is 1.50 bits per heavy atom. The molecule has 12 heavy (non-hydrogen) atoms. The van der Waals surface area contributed by atoms with Gasteiger partial charge in [-0.05, 0) is 44.2 Å². The number of nitrogens with two attached hydrogens (primary N) is 1. The lowest BCUT2D eigenvalue weighted by molar-refractivity contribution is 0.253. The second-order valence-corrected chi connectivity index (χ2v) is 4.33. The Labute approximate surface area is 75.9 Å². The minimum atomic E-state index is 0.684. The first-order valence-electron chi connectivity index (χ1n) is 5.17. The summed E-state index contributed by atoms with van der Waals surface area (Å²) >= 11 is 0. The monoisotopic (exact) mass is 170 g/mol. The Kier molecular flexibility index (Phi) is 4.02. The molecule has 0 saturated carbocycles. The molecule has 1 heterocycles. The van der Waals surface area contributed by atoms with E-state index in [0.717, 1.165) is 18.4 Å². The first kappa shape index (κ1) is 10.0. The van der Waals surface area contributed by atoms with Gasteiger partial charge in [0.15, 0.2) is 0 Å². The zero-order chi connectivity index (χ0) is 8.97. The summed E-state index contributed by atoms with van der Waals surface area (Å²) in [6.07, 6.45) is 3.90. The molecule has 0 radical (unpaired) electrons. The SMILES string of the molecule is CC(C)C[C@H]1NCCC[C@@H]1CN. The topological polar surface area (TPSA) is 38.0 Å². The van der Waals surface area contributed by atoms with Crippen molar-refractivity contribution in [2.45, 2.75) is 39.2 Å². The van der Waals surface area contributed by atoms with Crippen molar-refractivity contribution in [3.05, 3.63) is 0 Å². The van der Waals surface area contributed by atoms with Gasteiger partial charge in [-0.25, -0.2) is 0 Å². The van der Waals surface area contributed by atoms with E-state index in [1.165, 1.54) is 25.8 Å². The fourth-order valence-electron chi connectivity index (χ4n) is 2.09. The van der Waals surface area contributed by atoms with Crippen molar-refractivity contribution >= 4 is 0 Å². The van der Waals surface area contributed by atoms with Crippen molar-refractivity contribution in [2.75, 3.05) is 13.1 Å². The summed E-state index contributed by atoms with van der Waals surface area (Å²) < 4.78 is 0. The van der Waals surface area contributed by atoms with Crippen LogP contribution in [0.25, 0.3) is 0 Å². The summed E-state index contributed by atoms with van der Waals surface area (Å²) in [5.41, 5.74) is 5.73. The maximum Gasteiger partial charge on any atom is 0.0110 e. The quantitative estimate of drug-likeness (QED) is 0.671. The van der Waals surface area contributed by atoms with Crippen LogP contribution >= 0.6 is 0 Å². The van der Waals surface area contributed by atoms with E-state index in [1.54, 1.807) is 0 Å². The van der Waals surface area contributed by atoms with Gasteiger partial charge in [-0.2, -0.15) is 0 Å². The first-order valence-corrected chi connectivity index (χ1v) is 5.17. The van der Waals surface area contributed by atoms with Crippen molar-refractivity contribution in [1.29, 1.82) is 0 Å². The van der Waals surface area contributed by atoms with Gasteiger partial charge in [-0.3, -0.25) is 0 Å². The molecule has 0 bridgehead atoms. The van der Waals surface area contributed by atoms with E-state index in [4.69, 9.17) is 5.73 Å². The molecule has 0 amide bonds. The summed E-state index contributed by atoms with van der Waals surface area (Å²) in [6, 6.07) is 0.684. The number of hydrogen-bond acceptors (Lipinski definition) is 2. The minimum absolute atomic E-state index is 0.684. The standard InChI is InChI=1S/C10H22N2/c1-8(2)6-10-9(7-11)4-3-5-12-10/h8-10,12H,3-7,11H2,1-2H3/t9-,10-/m1/s1. The molecule has 0 aromatic heterocycles. The zero-order valence-electron chi connectivity index (χ0n) is 8.34. The lowest BCUT2D eigenvalue weighted by Gasteiger charge is -2.32. The van der Waals surface area contributed by atoms with Gasteiger partial charge in [-0.15, -0.1) is 0 Å². The normalized spacial score (nSPS) is 31.0. The van der Waals surface area contributed by atoms with E-state index in [2.05, 4.69) is 19.2 Å². The molecule has 2 nitrogen and oxygen atoms in total. The maximum atomic E-state index is 5.73. The number of nitrogens with one attached hydrogen (secondary N) is 1. The van der Waals surface area contributed by atoms with Crippen molar-refractivity contribution in [1.82, 2.24) is 5.32 Å². The number of rotatable bonds is 3. The molecule has 1 aliphatic rings. The highest BCUT2D eigenvalue weighted by atomic mass is 14.9. The summed E-state index contributed by atoms with van der Waals surface area (Å²) in [4.78, 5) is 0. The highest BCUT2D eigenvalue weighted by molar-refractivity contribution is 4.82. The Balaban J connectivity index is 2.36. The van der Waals surface area contributed by atoms with Crippen LogP contribution in [-0.2, 0) is 0 Å². The zero-order valence-corrected chi connectivity index (χ0v) is 8.34. The van der Waals surface area contributed by atoms with E-state index in [-0.39, 0.29) is 0 Å². The van der Waals surface area contributed by atoms with Gasteiger partial charge in [0.25, 0.3) is 0 Å². The fraction of sp³-hybridized carbons (Fsp3) is 1.00.